The van der Waals surface area contributed by atoms with Crippen LogP contribution in [-0.4, -0.2) is 18.0 Å². The third kappa shape index (κ3) is 2.98. The highest BCUT2D eigenvalue weighted by Gasteiger charge is 2.31. The molecule has 21 heavy (non-hydrogen) atoms. The molecule has 2 aromatic carbocycles. The van der Waals surface area contributed by atoms with Crippen LogP contribution >= 0.6 is 0 Å². The molecular formula is C18H19NO2. The van der Waals surface area contributed by atoms with Crippen LogP contribution in [0.3, 0.4) is 0 Å². The molecule has 1 aliphatic heterocycles. The highest BCUT2D eigenvalue weighted by molar-refractivity contribution is 5.70. The van der Waals surface area contributed by atoms with Crippen molar-refractivity contribution in [3.8, 4) is 0 Å². The van der Waals surface area contributed by atoms with E-state index in [1.807, 2.05) is 24.3 Å². The minimum atomic E-state index is -0.158. The lowest BCUT2D eigenvalue weighted by molar-refractivity contribution is -0.142. The van der Waals surface area contributed by atoms with Crippen molar-refractivity contribution in [1.82, 2.24) is 4.90 Å². The molecule has 0 bridgehead atoms. The average Bonchev–Trinajstić information content (AvgIpc) is 2.86. The number of benzene rings is 2. The quantitative estimate of drug-likeness (QED) is 0.805. The van der Waals surface area contributed by atoms with Crippen molar-refractivity contribution < 1.29 is 9.53 Å². The molecule has 0 unspecified atom stereocenters. The molecule has 108 valence electrons. The summed E-state index contributed by atoms with van der Waals surface area (Å²) in [5, 5.41) is 0. The van der Waals surface area contributed by atoms with E-state index in [0.717, 1.165) is 13.1 Å². The molecule has 0 saturated carbocycles. The van der Waals surface area contributed by atoms with Gasteiger partial charge in [0.05, 0.1) is 13.5 Å². The number of rotatable bonds is 4. The molecule has 0 fully saturated rings. The Bertz CT molecular complexity index is 624. The largest absolute Gasteiger partial charge is 0.469 e. The summed E-state index contributed by atoms with van der Waals surface area (Å²) in [5.41, 5.74) is 3.82. The van der Waals surface area contributed by atoms with Gasteiger partial charge in [0, 0.05) is 19.1 Å². The van der Waals surface area contributed by atoms with E-state index < -0.39 is 0 Å². The minimum Gasteiger partial charge on any atom is -0.469 e. The molecule has 2 aromatic rings. The summed E-state index contributed by atoms with van der Waals surface area (Å²) in [6.45, 7) is 1.73. The molecular weight excluding hydrogens is 262 g/mol. The number of carbonyl (C=O) groups is 1. The van der Waals surface area contributed by atoms with Crippen LogP contribution < -0.4 is 0 Å². The first-order chi connectivity index (χ1) is 10.3. The van der Waals surface area contributed by atoms with Gasteiger partial charge in [-0.05, 0) is 16.7 Å². The van der Waals surface area contributed by atoms with Crippen LogP contribution in [0.25, 0.3) is 0 Å². The molecule has 0 spiro atoms. The maximum atomic E-state index is 11.7. The summed E-state index contributed by atoms with van der Waals surface area (Å²) in [4.78, 5) is 14.1. The Morgan fingerprint density at radius 2 is 1.86 bits per heavy atom. The van der Waals surface area contributed by atoms with Crippen LogP contribution in [0.2, 0.25) is 0 Å². The number of methoxy groups -OCH3 is 1. The molecule has 0 amide bonds. The number of carbonyl (C=O) groups excluding carboxylic acids is 1. The van der Waals surface area contributed by atoms with Crippen LogP contribution in [0.5, 0.6) is 0 Å². The van der Waals surface area contributed by atoms with Crippen molar-refractivity contribution in [2.24, 2.45) is 0 Å². The van der Waals surface area contributed by atoms with Gasteiger partial charge in [0.1, 0.15) is 0 Å². The first-order valence-corrected chi connectivity index (χ1v) is 7.20. The molecule has 1 aliphatic rings. The Morgan fingerprint density at radius 1 is 1.14 bits per heavy atom. The van der Waals surface area contributed by atoms with E-state index in [1.165, 1.54) is 23.8 Å². The number of hydrogen-bond acceptors (Lipinski definition) is 3. The molecule has 0 N–H and O–H groups in total. The van der Waals surface area contributed by atoms with Gasteiger partial charge in [-0.3, -0.25) is 9.69 Å². The number of nitrogens with zero attached hydrogens (tertiary/aromatic N) is 1. The SMILES string of the molecule is COC(=O)C[C@@H]1c2ccccc2CN1Cc1ccccc1. The van der Waals surface area contributed by atoms with E-state index in [2.05, 4.69) is 35.2 Å². The predicted octanol–water partition coefficient (Wildman–Crippen LogP) is 3.31. The Morgan fingerprint density at radius 3 is 2.62 bits per heavy atom. The van der Waals surface area contributed by atoms with Crippen molar-refractivity contribution in [3.05, 3.63) is 71.3 Å². The third-order valence-corrected chi connectivity index (χ3v) is 4.04. The fourth-order valence-corrected chi connectivity index (χ4v) is 2.99. The van der Waals surface area contributed by atoms with Crippen molar-refractivity contribution in [3.63, 3.8) is 0 Å². The number of hydrogen-bond donors (Lipinski definition) is 0. The lowest BCUT2D eigenvalue weighted by Crippen LogP contribution is -2.24. The second kappa shape index (κ2) is 6.10. The molecule has 1 atom stereocenters. The Hall–Kier alpha value is -2.13. The summed E-state index contributed by atoms with van der Waals surface area (Å²) in [6.07, 6.45) is 0.403. The molecule has 3 nitrogen and oxygen atoms in total. The first kappa shape index (κ1) is 13.8. The van der Waals surface area contributed by atoms with Crippen molar-refractivity contribution >= 4 is 5.97 Å². The maximum Gasteiger partial charge on any atom is 0.307 e. The smallest absolute Gasteiger partial charge is 0.307 e. The van der Waals surface area contributed by atoms with Gasteiger partial charge in [-0.1, -0.05) is 54.6 Å². The number of ether oxygens (including phenoxy) is 1. The lowest BCUT2D eigenvalue weighted by Gasteiger charge is -2.24. The van der Waals surface area contributed by atoms with Crippen molar-refractivity contribution in [1.29, 1.82) is 0 Å². The summed E-state index contributed by atoms with van der Waals surface area (Å²) < 4.78 is 4.86. The highest BCUT2D eigenvalue weighted by atomic mass is 16.5. The van der Waals surface area contributed by atoms with Gasteiger partial charge in [-0.25, -0.2) is 0 Å². The highest BCUT2D eigenvalue weighted by Crippen LogP contribution is 2.37. The Labute approximate surface area is 125 Å². The van der Waals surface area contributed by atoms with E-state index in [4.69, 9.17) is 4.74 Å². The van der Waals surface area contributed by atoms with Gasteiger partial charge in [-0.2, -0.15) is 0 Å². The molecule has 3 heteroatoms. The normalized spacial score (nSPS) is 17.5. The maximum absolute atomic E-state index is 11.7. The van der Waals surface area contributed by atoms with Gasteiger partial charge in [0.15, 0.2) is 0 Å². The summed E-state index contributed by atoms with van der Waals surface area (Å²) in [6, 6.07) is 18.8. The summed E-state index contributed by atoms with van der Waals surface area (Å²) in [5.74, 6) is -0.158. The van der Waals surface area contributed by atoms with Gasteiger partial charge in [0.25, 0.3) is 0 Å². The Kier molecular flexibility index (Phi) is 4.02. The third-order valence-electron chi connectivity index (χ3n) is 4.04. The molecule has 0 radical (unpaired) electrons. The van der Waals surface area contributed by atoms with Crippen LogP contribution in [-0.2, 0) is 22.6 Å². The van der Waals surface area contributed by atoms with Crippen LogP contribution in [0.4, 0.5) is 0 Å². The van der Waals surface area contributed by atoms with Gasteiger partial charge in [0.2, 0.25) is 0 Å². The van der Waals surface area contributed by atoms with Gasteiger partial charge < -0.3 is 4.74 Å². The van der Waals surface area contributed by atoms with Crippen LogP contribution in [0.1, 0.15) is 29.2 Å². The average molecular weight is 281 g/mol. The Balaban J connectivity index is 1.84. The standard InChI is InChI=1S/C18H19NO2/c1-21-18(20)11-17-16-10-6-5-9-15(16)13-19(17)12-14-7-3-2-4-8-14/h2-10,17H,11-13H2,1H3/t17-/m1/s1. The second-order valence-electron chi connectivity index (χ2n) is 5.39. The fraction of sp³-hybridized carbons (Fsp3) is 0.278. The zero-order chi connectivity index (χ0) is 14.7. The predicted molar refractivity (Wildman–Crippen MR) is 81.5 cm³/mol. The van der Waals surface area contributed by atoms with Crippen LogP contribution in [0.15, 0.2) is 54.6 Å². The zero-order valence-corrected chi connectivity index (χ0v) is 12.2. The van der Waals surface area contributed by atoms with Crippen molar-refractivity contribution in [2.75, 3.05) is 7.11 Å². The second-order valence-corrected chi connectivity index (χ2v) is 5.39. The first-order valence-electron chi connectivity index (χ1n) is 7.20. The van der Waals surface area contributed by atoms with Gasteiger partial charge >= 0.3 is 5.97 Å². The van der Waals surface area contributed by atoms with E-state index in [0.29, 0.717) is 6.42 Å². The van der Waals surface area contributed by atoms with E-state index in [-0.39, 0.29) is 12.0 Å². The minimum absolute atomic E-state index is 0.105. The number of esters is 1. The molecule has 3 rings (SSSR count). The van der Waals surface area contributed by atoms with E-state index in [9.17, 15) is 4.79 Å². The molecule has 0 aliphatic carbocycles. The van der Waals surface area contributed by atoms with E-state index >= 15 is 0 Å². The zero-order valence-electron chi connectivity index (χ0n) is 12.2. The van der Waals surface area contributed by atoms with Gasteiger partial charge in [-0.15, -0.1) is 0 Å². The fourth-order valence-electron chi connectivity index (χ4n) is 2.99. The summed E-state index contributed by atoms with van der Waals surface area (Å²) in [7, 11) is 1.45. The van der Waals surface area contributed by atoms with Crippen molar-refractivity contribution in [2.45, 2.75) is 25.6 Å². The van der Waals surface area contributed by atoms with E-state index in [1.54, 1.807) is 0 Å². The topological polar surface area (TPSA) is 29.5 Å². The monoisotopic (exact) mass is 281 g/mol. The van der Waals surface area contributed by atoms with Crippen LogP contribution in [0, 0.1) is 0 Å². The molecule has 1 heterocycles. The molecule has 0 aromatic heterocycles. The lowest BCUT2D eigenvalue weighted by atomic mass is 10.0. The summed E-state index contributed by atoms with van der Waals surface area (Å²) >= 11 is 0. The number of fused-ring (bicyclic) bond motifs is 1. The molecule has 0 saturated heterocycles.